The van der Waals surface area contributed by atoms with Gasteiger partial charge in [0.15, 0.2) is 34.5 Å². The van der Waals surface area contributed by atoms with Crippen LogP contribution in [0.2, 0.25) is 0 Å². The molecular formula is C24H23NO10S. The maximum Gasteiger partial charge on any atom is 0.338 e. The Morgan fingerprint density at radius 3 is 2.47 bits per heavy atom. The van der Waals surface area contributed by atoms with E-state index in [0.29, 0.717) is 11.5 Å². The van der Waals surface area contributed by atoms with Gasteiger partial charge in [0.25, 0.3) is 10.0 Å². The number of nitrogens with one attached hydrogen (secondary N) is 1. The lowest BCUT2D eigenvalue weighted by molar-refractivity contribution is 0.0600. The number of aliphatic hydroxyl groups excluding tert-OH is 1. The van der Waals surface area contributed by atoms with Crippen LogP contribution in [0.1, 0.15) is 10.4 Å². The molecule has 0 aromatic heterocycles. The summed E-state index contributed by atoms with van der Waals surface area (Å²) in [6.45, 7) is -0.508. The first-order chi connectivity index (χ1) is 17.4. The number of hydrogen-bond acceptors (Lipinski definition) is 10. The normalized spacial score (nSPS) is 12.1. The van der Waals surface area contributed by atoms with Crippen molar-refractivity contribution >= 4 is 21.7 Å². The van der Waals surface area contributed by atoms with Gasteiger partial charge in [0.05, 0.1) is 37.0 Å². The van der Waals surface area contributed by atoms with Gasteiger partial charge in [-0.05, 0) is 36.4 Å². The Kier molecular flexibility index (Phi) is 7.36. The highest BCUT2D eigenvalue weighted by atomic mass is 32.2. The maximum absolute atomic E-state index is 13.3. The fourth-order valence-electron chi connectivity index (χ4n) is 3.34. The topological polar surface area (TPSA) is 139 Å². The number of anilines is 1. The average Bonchev–Trinajstić information content (AvgIpc) is 3.36. The quantitative estimate of drug-likeness (QED) is 0.386. The number of esters is 1. The zero-order valence-electron chi connectivity index (χ0n) is 19.3. The van der Waals surface area contributed by atoms with Crippen LogP contribution in [0.4, 0.5) is 5.69 Å². The van der Waals surface area contributed by atoms with Gasteiger partial charge in [0, 0.05) is 6.07 Å². The van der Waals surface area contributed by atoms with E-state index in [1.54, 1.807) is 24.3 Å². The van der Waals surface area contributed by atoms with E-state index < -0.39 is 16.0 Å². The first-order valence-electron chi connectivity index (χ1n) is 10.6. The lowest BCUT2D eigenvalue weighted by Gasteiger charge is -2.19. The molecule has 1 aliphatic heterocycles. The van der Waals surface area contributed by atoms with Crippen LogP contribution in [0.25, 0.3) is 0 Å². The molecule has 1 heterocycles. The third-order valence-corrected chi connectivity index (χ3v) is 6.37. The molecule has 2 N–H and O–H groups in total. The predicted octanol–water partition coefficient (Wildman–Crippen LogP) is 3.17. The minimum Gasteiger partial charge on any atom is -0.493 e. The van der Waals surface area contributed by atoms with Crippen molar-refractivity contribution in [1.82, 2.24) is 0 Å². The molecular weight excluding hydrogens is 494 g/mol. The fraction of sp³-hybridized carbons (Fsp3) is 0.208. The van der Waals surface area contributed by atoms with Gasteiger partial charge in [-0.2, -0.15) is 0 Å². The third-order valence-electron chi connectivity index (χ3n) is 5.00. The molecule has 0 unspecified atom stereocenters. The van der Waals surface area contributed by atoms with E-state index >= 15 is 0 Å². The van der Waals surface area contributed by atoms with Gasteiger partial charge in [-0.15, -0.1) is 0 Å². The lowest BCUT2D eigenvalue weighted by Crippen LogP contribution is -2.15. The smallest absolute Gasteiger partial charge is 0.338 e. The molecule has 11 nitrogen and oxygen atoms in total. The highest BCUT2D eigenvalue weighted by Gasteiger charge is 2.26. The Morgan fingerprint density at radius 2 is 1.75 bits per heavy atom. The van der Waals surface area contributed by atoms with Crippen LogP contribution >= 0.6 is 0 Å². The van der Waals surface area contributed by atoms with Gasteiger partial charge < -0.3 is 33.5 Å². The van der Waals surface area contributed by atoms with E-state index in [1.807, 2.05) is 0 Å². The first kappa shape index (κ1) is 24.9. The van der Waals surface area contributed by atoms with Gasteiger partial charge >= 0.3 is 5.97 Å². The molecule has 36 heavy (non-hydrogen) atoms. The van der Waals surface area contributed by atoms with Crippen molar-refractivity contribution in [3.05, 3.63) is 60.2 Å². The molecule has 0 saturated heterocycles. The van der Waals surface area contributed by atoms with Crippen molar-refractivity contribution in [2.75, 3.05) is 38.9 Å². The standard InChI is InChI=1S/C24H23NO10S/c1-30-18-5-3-4-6-20(18)35-23-17(11-15(24(27)31-2)12-22(23)32-10-9-26)25-36(28,29)16-7-8-19-21(13-16)34-14-33-19/h3-8,11-13,25-26H,9-10,14H2,1-2H3. The summed E-state index contributed by atoms with van der Waals surface area (Å²) in [5.74, 6) is 0.498. The number of fused-ring (bicyclic) bond motifs is 1. The fourth-order valence-corrected chi connectivity index (χ4v) is 4.41. The Bertz CT molecular complexity index is 1370. The zero-order chi connectivity index (χ0) is 25.7. The molecule has 0 fully saturated rings. The van der Waals surface area contributed by atoms with E-state index in [1.165, 1.54) is 44.6 Å². The molecule has 0 bridgehead atoms. The number of rotatable bonds is 10. The van der Waals surface area contributed by atoms with E-state index in [9.17, 15) is 18.3 Å². The van der Waals surface area contributed by atoms with Crippen LogP contribution in [0.3, 0.4) is 0 Å². The van der Waals surface area contributed by atoms with Crippen molar-refractivity contribution in [3.63, 3.8) is 0 Å². The van der Waals surface area contributed by atoms with Crippen LogP contribution in [0.15, 0.2) is 59.5 Å². The number of aliphatic hydroxyl groups is 1. The molecule has 3 aromatic rings. The molecule has 0 aliphatic carbocycles. The summed E-state index contributed by atoms with van der Waals surface area (Å²) in [7, 11) is -1.57. The monoisotopic (exact) mass is 517 g/mol. The van der Waals surface area contributed by atoms with Crippen molar-refractivity contribution in [3.8, 4) is 34.5 Å². The van der Waals surface area contributed by atoms with Crippen molar-refractivity contribution in [2.45, 2.75) is 4.90 Å². The zero-order valence-corrected chi connectivity index (χ0v) is 20.2. The van der Waals surface area contributed by atoms with Crippen LogP contribution in [0, 0.1) is 0 Å². The van der Waals surface area contributed by atoms with Gasteiger partial charge in [-0.3, -0.25) is 4.72 Å². The second-order valence-corrected chi connectivity index (χ2v) is 8.97. The first-order valence-corrected chi connectivity index (χ1v) is 12.1. The number of benzene rings is 3. The summed E-state index contributed by atoms with van der Waals surface area (Å²) >= 11 is 0. The Balaban J connectivity index is 1.83. The Morgan fingerprint density at radius 1 is 1.00 bits per heavy atom. The van der Waals surface area contributed by atoms with E-state index in [0.717, 1.165) is 0 Å². The molecule has 0 spiro atoms. The second-order valence-electron chi connectivity index (χ2n) is 7.29. The number of carbonyl (C=O) groups is 1. The number of para-hydroxylation sites is 2. The summed E-state index contributed by atoms with van der Waals surface area (Å²) in [6.07, 6.45) is 0. The number of carbonyl (C=O) groups excluding carboxylic acids is 1. The Labute approximate surface area is 207 Å². The molecule has 12 heteroatoms. The van der Waals surface area contributed by atoms with Gasteiger partial charge in [-0.1, -0.05) is 12.1 Å². The molecule has 0 amide bonds. The van der Waals surface area contributed by atoms with Crippen LogP contribution in [-0.4, -0.2) is 53.7 Å². The third kappa shape index (κ3) is 5.24. The van der Waals surface area contributed by atoms with Gasteiger partial charge in [0.2, 0.25) is 6.79 Å². The molecule has 0 saturated carbocycles. The van der Waals surface area contributed by atoms with Crippen LogP contribution in [0.5, 0.6) is 34.5 Å². The molecule has 190 valence electrons. The summed E-state index contributed by atoms with van der Waals surface area (Å²) < 4.78 is 61.4. The van der Waals surface area contributed by atoms with Crippen molar-refractivity contribution in [1.29, 1.82) is 0 Å². The van der Waals surface area contributed by atoms with E-state index in [2.05, 4.69) is 4.72 Å². The highest BCUT2D eigenvalue weighted by molar-refractivity contribution is 7.92. The van der Waals surface area contributed by atoms with Gasteiger partial charge in [0.1, 0.15) is 6.61 Å². The van der Waals surface area contributed by atoms with E-state index in [-0.39, 0.29) is 59.2 Å². The highest BCUT2D eigenvalue weighted by Crippen LogP contribution is 2.44. The van der Waals surface area contributed by atoms with Crippen molar-refractivity contribution < 1.29 is 46.7 Å². The van der Waals surface area contributed by atoms with Gasteiger partial charge in [-0.25, -0.2) is 13.2 Å². The van der Waals surface area contributed by atoms with Crippen LogP contribution < -0.4 is 28.4 Å². The minimum atomic E-state index is -4.21. The summed E-state index contributed by atoms with van der Waals surface area (Å²) in [5.41, 5.74) is -0.129. The molecule has 0 atom stereocenters. The van der Waals surface area contributed by atoms with Crippen LogP contribution in [-0.2, 0) is 14.8 Å². The summed E-state index contributed by atoms with van der Waals surface area (Å²) in [6, 6.07) is 13.4. The number of sulfonamides is 1. The Hall–Kier alpha value is -4.16. The average molecular weight is 518 g/mol. The number of methoxy groups -OCH3 is 2. The van der Waals surface area contributed by atoms with Crippen molar-refractivity contribution in [2.24, 2.45) is 0 Å². The number of hydrogen-bond donors (Lipinski definition) is 2. The second kappa shape index (κ2) is 10.6. The summed E-state index contributed by atoms with van der Waals surface area (Å²) in [4.78, 5) is 12.2. The minimum absolute atomic E-state index is 0.0127. The predicted molar refractivity (Wildman–Crippen MR) is 127 cm³/mol. The lowest BCUT2D eigenvalue weighted by atomic mass is 10.1. The van der Waals surface area contributed by atoms with E-state index in [4.69, 9.17) is 28.4 Å². The molecule has 3 aromatic carbocycles. The molecule has 1 aliphatic rings. The summed E-state index contributed by atoms with van der Waals surface area (Å²) in [5, 5.41) is 9.29. The largest absolute Gasteiger partial charge is 0.493 e. The maximum atomic E-state index is 13.3. The molecule has 0 radical (unpaired) electrons. The SMILES string of the molecule is COC(=O)c1cc(NS(=O)(=O)c2ccc3c(c2)OCO3)c(Oc2ccccc2OC)c(OCCO)c1. The molecule has 4 rings (SSSR count). The number of ether oxygens (including phenoxy) is 6.